The molecule has 3 rings (SSSR count). The average molecular weight is 384 g/mol. The zero-order chi connectivity index (χ0) is 19.3. The van der Waals surface area contributed by atoms with Crippen LogP contribution in [0.5, 0.6) is 0 Å². The molecule has 0 unspecified atom stereocenters. The van der Waals surface area contributed by atoms with Crippen molar-refractivity contribution >= 4 is 21.6 Å². The first-order valence-corrected chi connectivity index (χ1v) is 9.63. The van der Waals surface area contributed by atoms with Crippen molar-refractivity contribution in [3.8, 4) is 11.1 Å². The molecular formula is C20H17FN2O3S. The Balaban J connectivity index is 1.62. The Bertz CT molecular complexity index is 1020. The van der Waals surface area contributed by atoms with E-state index in [2.05, 4.69) is 10.0 Å². The number of rotatable bonds is 6. The van der Waals surface area contributed by atoms with E-state index in [0.717, 1.165) is 11.1 Å². The Morgan fingerprint density at radius 1 is 0.815 bits per heavy atom. The molecule has 0 radical (unpaired) electrons. The average Bonchev–Trinajstić information content (AvgIpc) is 2.69. The summed E-state index contributed by atoms with van der Waals surface area (Å²) in [5.41, 5.74) is 2.25. The van der Waals surface area contributed by atoms with Crippen LogP contribution in [0.25, 0.3) is 11.1 Å². The third kappa shape index (κ3) is 4.99. The first kappa shape index (κ1) is 18.8. The predicted molar refractivity (Wildman–Crippen MR) is 102 cm³/mol. The van der Waals surface area contributed by atoms with E-state index in [-0.39, 0.29) is 4.90 Å². The first-order valence-electron chi connectivity index (χ1n) is 8.15. The van der Waals surface area contributed by atoms with Crippen molar-refractivity contribution in [3.63, 3.8) is 0 Å². The number of carbonyl (C=O) groups excluding carboxylic acids is 1. The molecule has 0 aliphatic carbocycles. The fraction of sp³-hybridized carbons (Fsp3) is 0.0500. The van der Waals surface area contributed by atoms with Crippen molar-refractivity contribution in [2.75, 3.05) is 11.9 Å². The van der Waals surface area contributed by atoms with Crippen LogP contribution in [0.4, 0.5) is 10.1 Å². The SMILES string of the molecule is O=C(CNS(=O)(=O)c1ccc(-c2ccccc2)cc1)Nc1ccc(F)cc1. The van der Waals surface area contributed by atoms with Gasteiger partial charge in [-0.15, -0.1) is 0 Å². The molecule has 138 valence electrons. The molecule has 2 N–H and O–H groups in total. The van der Waals surface area contributed by atoms with Crippen LogP contribution < -0.4 is 10.0 Å². The highest BCUT2D eigenvalue weighted by atomic mass is 32.2. The Labute approximate surface area is 156 Å². The summed E-state index contributed by atoms with van der Waals surface area (Å²) >= 11 is 0. The lowest BCUT2D eigenvalue weighted by molar-refractivity contribution is -0.115. The lowest BCUT2D eigenvalue weighted by atomic mass is 10.1. The molecule has 0 saturated carbocycles. The van der Waals surface area contributed by atoms with Crippen molar-refractivity contribution in [2.45, 2.75) is 4.90 Å². The minimum Gasteiger partial charge on any atom is -0.325 e. The summed E-state index contributed by atoms with van der Waals surface area (Å²) in [7, 11) is -3.82. The normalized spacial score (nSPS) is 11.1. The second-order valence-electron chi connectivity index (χ2n) is 5.77. The van der Waals surface area contributed by atoms with Gasteiger partial charge in [-0.1, -0.05) is 42.5 Å². The van der Waals surface area contributed by atoms with Gasteiger partial charge >= 0.3 is 0 Å². The minimum atomic E-state index is -3.82. The van der Waals surface area contributed by atoms with Crippen molar-refractivity contribution < 1.29 is 17.6 Å². The van der Waals surface area contributed by atoms with E-state index in [1.54, 1.807) is 12.1 Å². The van der Waals surface area contributed by atoms with E-state index >= 15 is 0 Å². The van der Waals surface area contributed by atoms with E-state index in [0.29, 0.717) is 5.69 Å². The number of hydrogen-bond acceptors (Lipinski definition) is 3. The van der Waals surface area contributed by atoms with Gasteiger partial charge in [0, 0.05) is 5.69 Å². The molecule has 0 aliphatic rings. The molecule has 3 aromatic carbocycles. The number of nitrogens with one attached hydrogen (secondary N) is 2. The van der Waals surface area contributed by atoms with Crippen molar-refractivity contribution in [3.05, 3.63) is 84.7 Å². The summed E-state index contributed by atoms with van der Waals surface area (Å²) in [5, 5.41) is 2.49. The van der Waals surface area contributed by atoms with Gasteiger partial charge in [-0.3, -0.25) is 4.79 Å². The van der Waals surface area contributed by atoms with Gasteiger partial charge in [-0.2, -0.15) is 0 Å². The highest BCUT2D eigenvalue weighted by Crippen LogP contribution is 2.20. The highest BCUT2D eigenvalue weighted by molar-refractivity contribution is 7.89. The summed E-state index contributed by atoms with van der Waals surface area (Å²) in [6.45, 7) is -0.430. The van der Waals surface area contributed by atoms with E-state index < -0.39 is 28.3 Å². The van der Waals surface area contributed by atoms with Gasteiger partial charge < -0.3 is 5.32 Å². The Morgan fingerprint density at radius 3 is 2.04 bits per heavy atom. The maximum absolute atomic E-state index is 12.8. The molecule has 5 nitrogen and oxygen atoms in total. The second-order valence-corrected chi connectivity index (χ2v) is 7.54. The largest absolute Gasteiger partial charge is 0.325 e. The highest BCUT2D eigenvalue weighted by Gasteiger charge is 2.15. The molecule has 0 aromatic heterocycles. The molecule has 0 heterocycles. The number of anilines is 1. The van der Waals surface area contributed by atoms with Gasteiger partial charge in [0.15, 0.2) is 0 Å². The van der Waals surface area contributed by atoms with Gasteiger partial charge in [-0.05, 0) is 47.5 Å². The van der Waals surface area contributed by atoms with Crippen molar-refractivity contribution in [1.29, 1.82) is 0 Å². The van der Waals surface area contributed by atoms with Gasteiger partial charge in [0.25, 0.3) is 0 Å². The standard InChI is InChI=1S/C20H17FN2O3S/c21-17-8-10-18(11-9-17)23-20(24)14-22-27(25,26)19-12-6-16(7-13-19)15-4-2-1-3-5-15/h1-13,22H,14H2,(H,23,24). The smallest absolute Gasteiger partial charge is 0.241 e. The summed E-state index contributed by atoms with van der Waals surface area (Å²) in [6.07, 6.45) is 0. The van der Waals surface area contributed by atoms with Gasteiger partial charge in [0.2, 0.25) is 15.9 Å². The summed E-state index contributed by atoms with van der Waals surface area (Å²) < 4.78 is 39.8. The number of amides is 1. The van der Waals surface area contributed by atoms with E-state index in [1.807, 2.05) is 30.3 Å². The molecule has 0 bridgehead atoms. The molecule has 27 heavy (non-hydrogen) atoms. The molecule has 1 amide bonds. The van der Waals surface area contributed by atoms with Crippen LogP contribution in [0, 0.1) is 5.82 Å². The van der Waals surface area contributed by atoms with E-state index in [1.165, 1.54) is 36.4 Å². The Kier molecular flexibility index (Phi) is 5.63. The predicted octanol–water partition coefficient (Wildman–Crippen LogP) is 3.41. The van der Waals surface area contributed by atoms with Crippen LogP contribution in [0.2, 0.25) is 0 Å². The summed E-state index contributed by atoms with van der Waals surface area (Å²) in [4.78, 5) is 11.9. The molecule has 3 aromatic rings. The van der Waals surface area contributed by atoms with Crippen LogP contribution in [0.15, 0.2) is 83.8 Å². The monoisotopic (exact) mass is 384 g/mol. The number of benzene rings is 3. The third-order valence-electron chi connectivity index (χ3n) is 3.82. The number of hydrogen-bond donors (Lipinski definition) is 2. The van der Waals surface area contributed by atoms with Crippen LogP contribution >= 0.6 is 0 Å². The topological polar surface area (TPSA) is 75.3 Å². The molecule has 0 saturated heterocycles. The van der Waals surface area contributed by atoms with Crippen molar-refractivity contribution in [2.24, 2.45) is 0 Å². The summed E-state index contributed by atoms with van der Waals surface area (Å²) in [5.74, 6) is -0.973. The minimum absolute atomic E-state index is 0.0664. The molecule has 0 spiro atoms. The van der Waals surface area contributed by atoms with Crippen LogP contribution in [0.1, 0.15) is 0 Å². The quantitative estimate of drug-likeness (QED) is 0.684. The van der Waals surface area contributed by atoms with Gasteiger partial charge in [0.05, 0.1) is 11.4 Å². The van der Waals surface area contributed by atoms with Crippen LogP contribution in [0.3, 0.4) is 0 Å². The molecule has 7 heteroatoms. The molecule has 0 fully saturated rings. The molecule has 0 atom stereocenters. The zero-order valence-electron chi connectivity index (χ0n) is 14.2. The Hall–Kier alpha value is -3.03. The fourth-order valence-corrected chi connectivity index (χ4v) is 3.42. The number of sulfonamides is 1. The third-order valence-corrected chi connectivity index (χ3v) is 5.24. The number of carbonyl (C=O) groups is 1. The number of halogens is 1. The lowest BCUT2D eigenvalue weighted by Crippen LogP contribution is -2.32. The van der Waals surface area contributed by atoms with Crippen LogP contribution in [-0.2, 0) is 14.8 Å². The Morgan fingerprint density at radius 2 is 1.41 bits per heavy atom. The van der Waals surface area contributed by atoms with Gasteiger partial charge in [-0.25, -0.2) is 17.5 Å². The molecule has 0 aliphatic heterocycles. The maximum atomic E-state index is 12.8. The lowest BCUT2D eigenvalue weighted by Gasteiger charge is -2.09. The summed E-state index contributed by atoms with van der Waals surface area (Å²) in [6, 6.07) is 21.2. The van der Waals surface area contributed by atoms with Crippen molar-refractivity contribution in [1.82, 2.24) is 4.72 Å². The molecular weight excluding hydrogens is 367 g/mol. The van der Waals surface area contributed by atoms with E-state index in [9.17, 15) is 17.6 Å². The van der Waals surface area contributed by atoms with Crippen LogP contribution in [-0.4, -0.2) is 20.9 Å². The second kappa shape index (κ2) is 8.11. The zero-order valence-corrected chi connectivity index (χ0v) is 15.0. The first-order chi connectivity index (χ1) is 12.9. The maximum Gasteiger partial charge on any atom is 0.241 e. The van der Waals surface area contributed by atoms with E-state index in [4.69, 9.17) is 0 Å². The fourth-order valence-electron chi connectivity index (χ4n) is 2.44. The van der Waals surface area contributed by atoms with Gasteiger partial charge in [0.1, 0.15) is 5.82 Å².